The van der Waals surface area contributed by atoms with E-state index in [0.717, 1.165) is 35.8 Å². The van der Waals surface area contributed by atoms with Gasteiger partial charge in [-0.3, -0.25) is 4.79 Å². The number of aryl methyl sites for hydroxylation is 1. The largest absolute Gasteiger partial charge is 0.497 e. The Morgan fingerprint density at radius 3 is 2.23 bits per heavy atom. The number of ether oxygens (including phenoxy) is 1. The van der Waals surface area contributed by atoms with Gasteiger partial charge in [-0.15, -0.1) is 0 Å². The van der Waals surface area contributed by atoms with Crippen molar-refractivity contribution in [1.29, 1.82) is 0 Å². The van der Waals surface area contributed by atoms with E-state index in [4.69, 9.17) is 4.74 Å². The summed E-state index contributed by atoms with van der Waals surface area (Å²) in [4.78, 5) is 31.0. The summed E-state index contributed by atoms with van der Waals surface area (Å²) in [7, 11) is 1.66. The molecule has 0 aromatic heterocycles. The SMILES string of the molecule is COc1ccc(N2CCN(C(=O)NC3CC(=O)N(c4ccc(C)cc4)C3)CC2)cc1. The van der Waals surface area contributed by atoms with Crippen LogP contribution in [0.4, 0.5) is 16.2 Å². The fraction of sp³-hybridized carbons (Fsp3) is 0.391. The Morgan fingerprint density at radius 1 is 0.967 bits per heavy atom. The van der Waals surface area contributed by atoms with Crippen molar-refractivity contribution in [3.63, 3.8) is 0 Å². The van der Waals surface area contributed by atoms with Crippen LogP contribution in [0, 0.1) is 6.92 Å². The molecular formula is C23H28N4O3. The third-order valence-electron chi connectivity index (χ3n) is 5.80. The lowest BCUT2D eigenvalue weighted by molar-refractivity contribution is -0.117. The van der Waals surface area contributed by atoms with Crippen LogP contribution in [-0.4, -0.2) is 62.7 Å². The zero-order chi connectivity index (χ0) is 21.1. The first kappa shape index (κ1) is 20.1. The van der Waals surface area contributed by atoms with Gasteiger partial charge >= 0.3 is 6.03 Å². The molecule has 2 heterocycles. The quantitative estimate of drug-likeness (QED) is 0.845. The number of nitrogens with one attached hydrogen (secondary N) is 1. The number of hydrogen-bond acceptors (Lipinski definition) is 4. The maximum atomic E-state index is 12.7. The maximum absolute atomic E-state index is 12.7. The summed E-state index contributed by atoms with van der Waals surface area (Å²) in [6.07, 6.45) is 0.339. The first-order valence-electron chi connectivity index (χ1n) is 10.3. The van der Waals surface area contributed by atoms with Crippen LogP contribution < -0.4 is 19.9 Å². The molecule has 1 N–H and O–H groups in total. The van der Waals surface area contributed by atoms with E-state index in [-0.39, 0.29) is 18.0 Å². The fourth-order valence-corrected chi connectivity index (χ4v) is 4.01. The zero-order valence-corrected chi connectivity index (χ0v) is 17.5. The van der Waals surface area contributed by atoms with Crippen LogP contribution in [0.5, 0.6) is 5.75 Å². The van der Waals surface area contributed by atoms with E-state index in [2.05, 4.69) is 10.2 Å². The van der Waals surface area contributed by atoms with Crippen LogP contribution in [0.1, 0.15) is 12.0 Å². The minimum Gasteiger partial charge on any atom is -0.497 e. The average molecular weight is 409 g/mol. The van der Waals surface area contributed by atoms with Gasteiger partial charge in [0.15, 0.2) is 0 Å². The minimum atomic E-state index is -0.161. The van der Waals surface area contributed by atoms with Crippen molar-refractivity contribution in [2.45, 2.75) is 19.4 Å². The molecule has 1 atom stereocenters. The van der Waals surface area contributed by atoms with Crippen molar-refractivity contribution >= 4 is 23.3 Å². The number of benzene rings is 2. The third-order valence-corrected chi connectivity index (χ3v) is 5.80. The summed E-state index contributed by atoms with van der Waals surface area (Å²) in [6, 6.07) is 15.6. The molecule has 158 valence electrons. The molecule has 4 rings (SSSR count). The Balaban J connectivity index is 1.28. The first-order chi connectivity index (χ1) is 14.5. The van der Waals surface area contributed by atoms with Crippen LogP contribution in [0.15, 0.2) is 48.5 Å². The molecule has 0 radical (unpaired) electrons. The molecule has 7 heteroatoms. The van der Waals surface area contributed by atoms with E-state index >= 15 is 0 Å². The Bertz CT molecular complexity index is 890. The highest BCUT2D eigenvalue weighted by molar-refractivity contribution is 5.96. The van der Waals surface area contributed by atoms with Gasteiger partial charge in [-0.1, -0.05) is 17.7 Å². The summed E-state index contributed by atoms with van der Waals surface area (Å²) in [5.41, 5.74) is 3.17. The van der Waals surface area contributed by atoms with Gasteiger partial charge in [0.1, 0.15) is 5.75 Å². The molecule has 30 heavy (non-hydrogen) atoms. The van der Waals surface area contributed by atoms with Crippen LogP contribution in [0.3, 0.4) is 0 Å². The molecule has 2 fully saturated rings. The maximum Gasteiger partial charge on any atom is 0.317 e. The second kappa shape index (κ2) is 8.65. The highest BCUT2D eigenvalue weighted by Crippen LogP contribution is 2.23. The molecule has 0 spiro atoms. The van der Waals surface area contributed by atoms with Crippen molar-refractivity contribution < 1.29 is 14.3 Å². The van der Waals surface area contributed by atoms with Gasteiger partial charge in [-0.05, 0) is 43.3 Å². The van der Waals surface area contributed by atoms with Gasteiger partial charge in [0.2, 0.25) is 5.91 Å². The topological polar surface area (TPSA) is 65.1 Å². The number of hydrogen-bond donors (Lipinski definition) is 1. The van der Waals surface area contributed by atoms with E-state index in [1.807, 2.05) is 60.4 Å². The van der Waals surface area contributed by atoms with E-state index in [0.29, 0.717) is 26.1 Å². The molecule has 2 aliphatic rings. The molecule has 0 aliphatic carbocycles. The molecule has 2 aliphatic heterocycles. The summed E-state index contributed by atoms with van der Waals surface area (Å²) in [6.45, 7) is 5.39. The van der Waals surface area contributed by atoms with Gasteiger partial charge in [0.05, 0.1) is 13.2 Å². The number of nitrogens with zero attached hydrogens (tertiary/aromatic N) is 3. The first-order valence-corrected chi connectivity index (χ1v) is 10.3. The number of carbonyl (C=O) groups is 2. The summed E-state index contributed by atoms with van der Waals surface area (Å²) in [5, 5.41) is 3.05. The van der Waals surface area contributed by atoms with Crippen LogP contribution in [-0.2, 0) is 4.79 Å². The molecule has 0 saturated carbocycles. The second-order valence-corrected chi connectivity index (χ2v) is 7.86. The summed E-state index contributed by atoms with van der Waals surface area (Å²) >= 11 is 0. The molecule has 2 aromatic rings. The highest BCUT2D eigenvalue weighted by atomic mass is 16.5. The number of carbonyl (C=O) groups excluding carboxylic acids is 2. The number of piperazine rings is 1. The Kier molecular flexibility index (Phi) is 5.79. The van der Waals surface area contributed by atoms with Crippen LogP contribution >= 0.6 is 0 Å². The van der Waals surface area contributed by atoms with Crippen molar-refractivity contribution in [2.75, 3.05) is 49.6 Å². The third kappa shape index (κ3) is 4.35. The standard InChI is InChI=1S/C23H28N4O3/c1-17-3-5-20(6-4-17)27-16-18(15-22(27)28)24-23(29)26-13-11-25(12-14-26)19-7-9-21(30-2)10-8-19/h3-10,18H,11-16H2,1-2H3,(H,24,29). The lowest BCUT2D eigenvalue weighted by Gasteiger charge is -2.36. The van der Waals surface area contributed by atoms with Gasteiger partial charge < -0.3 is 24.8 Å². The minimum absolute atomic E-state index is 0.0495. The van der Waals surface area contributed by atoms with Crippen molar-refractivity contribution in [2.24, 2.45) is 0 Å². The Morgan fingerprint density at radius 2 is 1.60 bits per heavy atom. The van der Waals surface area contributed by atoms with Gasteiger partial charge in [-0.2, -0.15) is 0 Å². The van der Waals surface area contributed by atoms with Gasteiger partial charge in [0, 0.05) is 50.5 Å². The number of urea groups is 1. The van der Waals surface area contributed by atoms with Crippen molar-refractivity contribution in [3.8, 4) is 5.75 Å². The molecule has 1 unspecified atom stereocenters. The lowest BCUT2D eigenvalue weighted by atomic mass is 10.2. The van der Waals surface area contributed by atoms with E-state index in [1.165, 1.54) is 0 Å². The van der Waals surface area contributed by atoms with E-state index in [9.17, 15) is 9.59 Å². The van der Waals surface area contributed by atoms with Crippen molar-refractivity contribution in [3.05, 3.63) is 54.1 Å². The Hall–Kier alpha value is -3.22. The number of amides is 3. The number of rotatable bonds is 4. The molecule has 0 bridgehead atoms. The van der Waals surface area contributed by atoms with E-state index in [1.54, 1.807) is 12.0 Å². The average Bonchev–Trinajstić information content (AvgIpc) is 3.14. The number of anilines is 2. The van der Waals surface area contributed by atoms with Crippen molar-refractivity contribution in [1.82, 2.24) is 10.2 Å². The molecule has 3 amide bonds. The second-order valence-electron chi connectivity index (χ2n) is 7.86. The fourth-order valence-electron chi connectivity index (χ4n) is 4.01. The van der Waals surface area contributed by atoms with Gasteiger partial charge in [-0.25, -0.2) is 4.79 Å². The molecular weight excluding hydrogens is 380 g/mol. The monoisotopic (exact) mass is 408 g/mol. The number of methoxy groups -OCH3 is 1. The van der Waals surface area contributed by atoms with E-state index < -0.39 is 0 Å². The zero-order valence-electron chi connectivity index (χ0n) is 17.5. The normalized spacial score (nSPS) is 19.2. The molecule has 7 nitrogen and oxygen atoms in total. The smallest absolute Gasteiger partial charge is 0.317 e. The predicted octanol–water partition coefficient (Wildman–Crippen LogP) is 2.64. The molecule has 2 saturated heterocycles. The summed E-state index contributed by atoms with van der Waals surface area (Å²) < 4.78 is 5.21. The van der Waals surface area contributed by atoms with Gasteiger partial charge in [0.25, 0.3) is 0 Å². The van der Waals surface area contributed by atoms with Crippen LogP contribution in [0.2, 0.25) is 0 Å². The Labute approximate surface area is 177 Å². The molecule has 2 aromatic carbocycles. The van der Waals surface area contributed by atoms with Crippen LogP contribution in [0.25, 0.3) is 0 Å². The summed E-state index contributed by atoms with van der Waals surface area (Å²) in [5.74, 6) is 0.885. The lowest BCUT2D eigenvalue weighted by Crippen LogP contribution is -2.53. The predicted molar refractivity (Wildman–Crippen MR) is 117 cm³/mol. The highest BCUT2D eigenvalue weighted by Gasteiger charge is 2.33.